The smallest absolute Gasteiger partial charge is 0.328 e. The molecule has 0 bridgehead atoms. The number of sulfonamides is 1. The number of anilines is 1. The Kier molecular flexibility index (Phi) is 5.60. The molecular formula is C14H23N3O3S. The maximum absolute atomic E-state index is 12.4. The van der Waals surface area contributed by atoms with Crippen LogP contribution in [-0.4, -0.2) is 21.0 Å². The zero-order chi connectivity index (χ0) is 16.2. The van der Waals surface area contributed by atoms with Crippen LogP contribution in [0.2, 0.25) is 0 Å². The summed E-state index contributed by atoms with van der Waals surface area (Å²) in [5, 5.41) is 2.52. The lowest BCUT2D eigenvalue weighted by molar-refractivity contribution is 0.245. The monoisotopic (exact) mass is 313 g/mol. The molecule has 0 unspecified atom stereocenters. The van der Waals surface area contributed by atoms with E-state index in [-0.39, 0.29) is 4.90 Å². The molecule has 0 aliphatic rings. The molecule has 0 spiro atoms. The van der Waals surface area contributed by atoms with Crippen molar-refractivity contribution in [2.45, 2.75) is 45.4 Å². The summed E-state index contributed by atoms with van der Waals surface area (Å²) in [6.45, 7) is 7.53. The predicted molar refractivity (Wildman–Crippen MR) is 83.7 cm³/mol. The Morgan fingerprint density at radius 1 is 1.24 bits per heavy atom. The Hall–Kier alpha value is -1.76. The molecule has 0 atom stereocenters. The van der Waals surface area contributed by atoms with E-state index in [0.29, 0.717) is 23.4 Å². The van der Waals surface area contributed by atoms with Gasteiger partial charge in [0.05, 0.1) is 4.90 Å². The molecule has 1 aromatic rings. The maximum Gasteiger partial charge on any atom is 0.328 e. The lowest BCUT2D eigenvalue weighted by atomic mass is 10.1. The van der Waals surface area contributed by atoms with E-state index in [1.807, 2.05) is 11.6 Å². The summed E-state index contributed by atoms with van der Waals surface area (Å²) in [6.07, 6.45) is 1.71. The number of nitrogens with two attached hydrogens (primary N) is 1. The molecule has 0 saturated heterocycles. The van der Waals surface area contributed by atoms with Gasteiger partial charge in [-0.15, -0.1) is 0 Å². The SMILES string of the molecule is CCCCNC(=O)NS(=O)(=O)c1c(C)c(C)cc(N)c1C. The summed E-state index contributed by atoms with van der Waals surface area (Å²) in [4.78, 5) is 11.7. The van der Waals surface area contributed by atoms with Crippen molar-refractivity contribution in [3.63, 3.8) is 0 Å². The molecule has 0 heterocycles. The molecule has 0 saturated carbocycles. The van der Waals surface area contributed by atoms with Crippen molar-refractivity contribution < 1.29 is 13.2 Å². The topological polar surface area (TPSA) is 101 Å². The van der Waals surface area contributed by atoms with Gasteiger partial charge in [0.15, 0.2) is 0 Å². The van der Waals surface area contributed by atoms with E-state index in [1.165, 1.54) is 0 Å². The van der Waals surface area contributed by atoms with Gasteiger partial charge in [-0.1, -0.05) is 13.3 Å². The second-order valence-corrected chi connectivity index (χ2v) is 6.70. The fourth-order valence-electron chi connectivity index (χ4n) is 2.03. The third-order valence-electron chi connectivity index (χ3n) is 3.39. The maximum atomic E-state index is 12.4. The third kappa shape index (κ3) is 4.10. The zero-order valence-corrected chi connectivity index (χ0v) is 13.7. The normalized spacial score (nSPS) is 11.2. The number of nitrogen functional groups attached to an aromatic ring is 1. The van der Waals surface area contributed by atoms with E-state index in [2.05, 4.69) is 5.32 Å². The van der Waals surface area contributed by atoms with Crippen molar-refractivity contribution in [2.75, 3.05) is 12.3 Å². The predicted octanol–water partition coefficient (Wildman–Crippen LogP) is 1.98. The van der Waals surface area contributed by atoms with Crippen LogP contribution in [0.4, 0.5) is 10.5 Å². The molecule has 2 amide bonds. The van der Waals surface area contributed by atoms with Gasteiger partial charge in [-0.05, 0) is 49.9 Å². The first-order valence-electron chi connectivity index (χ1n) is 6.87. The van der Waals surface area contributed by atoms with Crippen molar-refractivity contribution in [1.29, 1.82) is 0 Å². The number of nitrogens with one attached hydrogen (secondary N) is 2. The van der Waals surface area contributed by atoms with Crippen LogP contribution in [0.15, 0.2) is 11.0 Å². The molecule has 7 heteroatoms. The average Bonchev–Trinajstić information content (AvgIpc) is 2.36. The van der Waals surface area contributed by atoms with Crippen molar-refractivity contribution in [1.82, 2.24) is 10.0 Å². The highest BCUT2D eigenvalue weighted by atomic mass is 32.2. The second kappa shape index (κ2) is 6.80. The lowest BCUT2D eigenvalue weighted by Gasteiger charge is -2.16. The van der Waals surface area contributed by atoms with Crippen LogP contribution >= 0.6 is 0 Å². The van der Waals surface area contributed by atoms with Crippen LogP contribution in [0.25, 0.3) is 0 Å². The number of hydrogen-bond donors (Lipinski definition) is 3. The second-order valence-electron chi connectivity index (χ2n) is 5.08. The molecule has 21 heavy (non-hydrogen) atoms. The molecule has 1 rings (SSSR count). The van der Waals surface area contributed by atoms with E-state index in [0.717, 1.165) is 18.4 Å². The molecule has 0 radical (unpaired) electrons. The molecule has 4 N–H and O–H groups in total. The van der Waals surface area contributed by atoms with Crippen molar-refractivity contribution in [2.24, 2.45) is 0 Å². The number of amides is 2. The molecular weight excluding hydrogens is 290 g/mol. The van der Waals surface area contributed by atoms with Gasteiger partial charge in [-0.2, -0.15) is 0 Å². The summed E-state index contributed by atoms with van der Waals surface area (Å²) >= 11 is 0. The number of rotatable bonds is 5. The minimum Gasteiger partial charge on any atom is -0.398 e. The van der Waals surface area contributed by atoms with Crippen LogP contribution in [-0.2, 0) is 10.0 Å². The van der Waals surface area contributed by atoms with Gasteiger partial charge < -0.3 is 11.1 Å². The van der Waals surface area contributed by atoms with Crippen LogP contribution in [0.5, 0.6) is 0 Å². The number of hydrogen-bond acceptors (Lipinski definition) is 4. The van der Waals surface area contributed by atoms with Gasteiger partial charge in [0.2, 0.25) is 0 Å². The number of benzene rings is 1. The van der Waals surface area contributed by atoms with E-state index in [1.54, 1.807) is 26.8 Å². The molecule has 0 aliphatic heterocycles. The Morgan fingerprint density at radius 2 is 1.86 bits per heavy atom. The van der Waals surface area contributed by atoms with Gasteiger partial charge in [0.25, 0.3) is 10.0 Å². The van der Waals surface area contributed by atoms with Crippen LogP contribution in [0.1, 0.15) is 36.5 Å². The van der Waals surface area contributed by atoms with E-state index >= 15 is 0 Å². The summed E-state index contributed by atoms with van der Waals surface area (Å²) in [7, 11) is -3.95. The highest BCUT2D eigenvalue weighted by molar-refractivity contribution is 7.90. The summed E-state index contributed by atoms with van der Waals surface area (Å²) in [5.41, 5.74) is 8.03. The molecule has 6 nitrogen and oxygen atoms in total. The standard InChI is InChI=1S/C14H23N3O3S/c1-5-6-7-16-14(18)17-21(19,20)13-10(3)9(2)8-12(15)11(13)4/h8H,5-7,15H2,1-4H3,(H2,16,17,18). The third-order valence-corrected chi connectivity index (χ3v) is 4.99. The van der Waals surface area contributed by atoms with E-state index < -0.39 is 16.1 Å². The van der Waals surface area contributed by atoms with Gasteiger partial charge in [-0.3, -0.25) is 0 Å². The first-order valence-corrected chi connectivity index (χ1v) is 8.36. The van der Waals surface area contributed by atoms with Gasteiger partial charge >= 0.3 is 6.03 Å². The fourth-order valence-corrected chi connectivity index (χ4v) is 3.54. The number of carbonyl (C=O) groups is 1. The summed E-state index contributed by atoms with van der Waals surface area (Å²) in [6, 6.07) is 1.01. The zero-order valence-electron chi connectivity index (χ0n) is 12.9. The first kappa shape index (κ1) is 17.3. The molecule has 0 aliphatic carbocycles. The minimum absolute atomic E-state index is 0.0747. The van der Waals surface area contributed by atoms with Gasteiger partial charge in [0.1, 0.15) is 0 Å². The Balaban J connectivity index is 3.07. The molecule has 0 aromatic heterocycles. The number of aryl methyl sites for hydroxylation is 1. The van der Waals surface area contributed by atoms with E-state index in [9.17, 15) is 13.2 Å². The van der Waals surface area contributed by atoms with Gasteiger partial charge in [0, 0.05) is 12.2 Å². The highest BCUT2D eigenvalue weighted by Gasteiger charge is 2.24. The molecule has 118 valence electrons. The largest absolute Gasteiger partial charge is 0.398 e. The number of urea groups is 1. The van der Waals surface area contributed by atoms with Crippen molar-refractivity contribution in [3.05, 3.63) is 22.8 Å². The minimum atomic E-state index is -3.95. The first-order chi connectivity index (χ1) is 9.70. The Morgan fingerprint density at radius 3 is 2.43 bits per heavy atom. The Bertz CT molecular complexity index is 613. The summed E-state index contributed by atoms with van der Waals surface area (Å²) in [5.74, 6) is 0. The van der Waals surface area contributed by atoms with Crippen LogP contribution < -0.4 is 15.8 Å². The fraction of sp³-hybridized carbons (Fsp3) is 0.500. The van der Waals surface area contributed by atoms with E-state index in [4.69, 9.17) is 5.73 Å². The Labute approximate surface area is 126 Å². The van der Waals surface area contributed by atoms with Crippen molar-refractivity contribution in [3.8, 4) is 0 Å². The number of carbonyl (C=O) groups excluding carboxylic acids is 1. The van der Waals surface area contributed by atoms with Crippen LogP contribution in [0.3, 0.4) is 0 Å². The summed E-state index contributed by atoms with van der Waals surface area (Å²) < 4.78 is 26.8. The number of unbranched alkanes of at least 4 members (excludes halogenated alkanes) is 1. The average molecular weight is 313 g/mol. The lowest BCUT2D eigenvalue weighted by Crippen LogP contribution is -2.40. The highest BCUT2D eigenvalue weighted by Crippen LogP contribution is 2.27. The van der Waals surface area contributed by atoms with Crippen molar-refractivity contribution >= 4 is 21.7 Å². The van der Waals surface area contributed by atoms with Gasteiger partial charge in [-0.25, -0.2) is 17.9 Å². The quantitative estimate of drug-likeness (QED) is 0.571. The molecule has 1 aromatic carbocycles. The van der Waals surface area contributed by atoms with Crippen LogP contribution in [0, 0.1) is 20.8 Å². The molecule has 0 fully saturated rings.